The van der Waals surface area contributed by atoms with Crippen LogP contribution in [0.3, 0.4) is 0 Å². The van der Waals surface area contributed by atoms with E-state index in [0.29, 0.717) is 41.8 Å². The number of hydrogen-bond donors (Lipinski definition) is 0. The average molecular weight is 527 g/mol. The Balaban J connectivity index is 1.40. The van der Waals surface area contributed by atoms with E-state index in [1.807, 2.05) is 25.1 Å². The molecular weight excluding hydrogens is 501 g/mol. The number of carbonyl (C=O) groups is 1. The van der Waals surface area contributed by atoms with Crippen LogP contribution >= 0.6 is 22.7 Å². The molecule has 0 atom stereocenters. The number of hydrogen-bond acceptors (Lipinski definition) is 7. The minimum atomic E-state index is -3.51. The molecule has 7 nitrogen and oxygen atoms in total. The summed E-state index contributed by atoms with van der Waals surface area (Å²) in [6.45, 7) is 5.17. The predicted octanol–water partition coefficient (Wildman–Crippen LogP) is 5.00. The number of benzene rings is 1. The fourth-order valence-electron chi connectivity index (χ4n) is 4.49. The highest BCUT2D eigenvalue weighted by Gasteiger charge is 2.35. The van der Waals surface area contributed by atoms with Crippen LogP contribution in [-0.4, -0.2) is 41.7 Å². The van der Waals surface area contributed by atoms with E-state index in [1.165, 1.54) is 27.0 Å². The molecule has 4 aromatic rings. The number of fused-ring (bicyclic) bond motifs is 1. The highest BCUT2D eigenvalue weighted by molar-refractivity contribution is 7.91. The lowest BCUT2D eigenvalue weighted by atomic mass is 9.96. The molecule has 4 heterocycles. The van der Waals surface area contributed by atoms with Crippen molar-refractivity contribution in [2.24, 2.45) is 5.92 Å². The van der Waals surface area contributed by atoms with Crippen LogP contribution in [0.1, 0.15) is 29.5 Å². The molecule has 1 aliphatic heterocycles. The summed E-state index contributed by atoms with van der Waals surface area (Å²) in [5, 5.41) is 2.44. The number of rotatable bonds is 6. The van der Waals surface area contributed by atoms with E-state index in [9.17, 15) is 13.2 Å². The Hall–Kier alpha value is -2.66. The Morgan fingerprint density at radius 2 is 1.89 bits per heavy atom. The molecule has 1 aromatic carbocycles. The predicted molar refractivity (Wildman–Crippen MR) is 140 cm³/mol. The Labute approximate surface area is 213 Å². The monoisotopic (exact) mass is 526 g/mol. The zero-order valence-electron chi connectivity index (χ0n) is 19.5. The third-order valence-corrected chi connectivity index (χ3v) is 10.8. The van der Waals surface area contributed by atoms with E-state index in [-0.39, 0.29) is 11.8 Å². The van der Waals surface area contributed by atoms with Gasteiger partial charge in [-0.05, 0) is 73.0 Å². The van der Waals surface area contributed by atoms with Gasteiger partial charge in [0.15, 0.2) is 5.13 Å². The minimum absolute atomic E-state index is 0.0107. The summed E-state index contributed by atoms with van der Waals surface area (Å²) < 4.78 is 28.7. The second kappa shape index (κ2) is 9.77. The number of thiazole rings is 1. The van der Waals surface area contributed by atoms with Crippen LogP contribution < -0.4 is 4.90 Å². The van der Waals surface area contributed by atoms with E-state index in [2.05, 4.69) is 18.0 Å². The Kier molecular flexibility index (Phi) is 6.71. The number of nitrogens with zero attached hydrogens (tertiary/aromatic N) is 4. The van der Waals surface area contributed by atoms with Crippen LogP contribution in [0.2, 0.25) is 0 Å². The lowest BCUT2D eigenvalue weighted by Gasteiger charge is -2.32. The number of aryl methyl sites for hydroxylation is 2. The number of thiophene rings is 1. The summed E-state index contributed by atoms with van der Waals surface area (Å²) in [5.74, 6) is -0.273. The molecule has 0 saturated carbocycles. The molecule has 1 aliphatic rings. The van der Waals surface area contributed by atoms with E-state index < -0.39 is 10.0 Å². The summed E-state index contributed by atoms with van der Waals surface area (Å²) in [5.41, 5.74) is 4.15. The van der Waals surface area contributed by atoms with Crippen molar-refractivity contribution in [2.75, 3.05) is 18.0 Å². The molecule has 0 N–H and O–H groups in total. The van der Waals surface area contributed by atoms with Gasteiger partial charge in [0, 0.05) is 31.4 Å². The lowest BCUT2D eigenvalue weighted by molar-refractivity contribution is -0.123. The van der Waals surface area contributed by atoms with Crippen LogP contribution in [0, 0.1) is 19.8 Å². The Bertz CT molecular complexity index is 1440. The van der Waals surface area contributed by atoms with Gasteiger partial charge in [0.1, 0.15) is 4.21 Å². The molecule has 35 heavy (non-hydrogen) atoms. The number of pyridine rings is 1. The van der Waals surface area contributed by atoms with Crippen LogP contribution in [0.25, 0.3) is 10.2 Å². The second-order valence-corrected chi connectivity index (χ2v) is 12.9. The minimum Gasteiger partial charge on any atom is -0.283 e. The van der Waals surface area contributed by atoms with Gasteiger partial charge in [-0.15, -0.1) is 11.3 Å². The summed E-state index contributed by atoms with van der Waals surface area (Å²) >= 11 is 2.75. The van der Waals surface area contributed by atoms with Crippen molar-refractivity contribution in [1.82, 2.24) is 14.3 Å². The van der Waals surface area contributed by atoms with Crippen LogP contribution in [-0.2, 0) is 21.4 Å². The fraction of sp³-hybridized carbons (Fsp3) is 0.320. The maximum atomic E-state index is 13.8. The van der Waals surface area contributed by atoms with Crippen molar-refractivity contribution in [3.63, 3.8) is 0 Å². The number of sulfonamides is 1. The summed E-state index contributed by atoms with van der Waals surface area (Å²) in [4.78, 5) is 24.5. The largest absolute Gasteiger partial charge is 0.283 e. The summed E-state index contributed by atoms with van der Waals surface area (Å²) in [6.07, 6.45) is 4.41. The van der Waals surface area contributed by atoms with Gasteiger partial charge >= 0.3 is 0 Å². The van der Waals surface area contributed by atoms with Crippen molar-refractivity contribution in [1.29, 1.82) is 0 Å². The summed E-state index contributed by atoms with van der Waals surface area (Å²) in [7, 11) is -3.51. The molecule has 182 valence electrons. The number of aromatic nitrogens is 2. The van der Waals surface area contributed by atoms with E-state index in [1.54, 1.807) is 34.8 Å². The van der Waals surface area contributed by atoms with E-state index in [4.69, 9.17) is 4.98 Å². The first-order valence-electron chi connectivity index (χ1n) is 11.4. The first kappa shape index (κ1) is 24.1. The van der Waals surface area contributed by atoms with Gasteiger partial charge in [-0.25, -0.2) is 13.4 Å². The fourth-order valence-corrected chi connectivity index (χ4v) is 8.13. The van der Waals surface area contributed by atoms with Gasteiger partial charge in [-0.2, -0.15) is 4.31 Å². The van der Waals surface area contributed by atoms with Gasteiger partial charge in [0.2, 0.25) is 5.91 Å². The zero-order chi connectivity index (χ0) is 24.6. The maximum absolute atomic E-state index is 13.8. The third-order valence-electron chi connectivity index (χ3n) is 6.29. The first-order chi connectivity index (χ1) is 16.8. The SMILES string of the molecule is Cc1cc(C)c2sc(N(Cc3ccncc3)C(=O)C3CCN(S(=O)(=O)c4cccs4)CC3)nc2c1. The van der Waals surface area contributed by atoms with E-state index in [0.717, 1.165) is 26.9 Å². The topological polar surface area (TPSA) is 83.5 Å². The first-order valence-corrected chi connectivity index (χ1v) is 14.6. The highest BCUT2D eigenvalue weighted by Crippen LogP contribution is 2.35. The lowest BCUT2D eigenvalue weighted by Crippen LogP contribution is -2.44. The second-order valence-electron chi connectivity index (χ2n) is 8.82. The van der Waals surface area contributed by atoms with Crippen molar-refractivity contribution in [3.8, 4) is 0 Å². The number of piperidine rings is 1. The van der Waals surface area contributed by atoms with Gasteiger partial charge in [0.25, 0.3) is 10.0 Å². The normalized spacial score (nSPS) is 15.5. The molecule has 0 unspecified atom stereocenters. The molecular formula is C25H26N4O3S3. The van der Waals surface area contributed by atoms with Crippen molar-refractivity contribution in [2.45, 2.75) is 37.4 Å². The number of amides is 1. The van der Waals surface area contributed by atoms with Crippen molar-refractivity contribution in [3.05, 3.63) is 70.9 Å². The van der Waals surface area contributed by atoms with Gasteiger partial charge < -0.3 is 0 Å². The maximum Gasteiger partial charge on any atom is 0.252 e. The highest BCUT2D eigenvalue weighted by atomic mass is 32.2. The molecule has 5 rings (SSSR count). The van der Waals surface area contributed by atoms with Gasteiger partial charge in [-0.1, -0.05) is 23.5 Å². The molecule has 1 saturated heterocycles. The molecule has 0 bridgehead atoms. The quantitative estimate of drug-likeness (QED) is 0.353. The molecule has 0 radical (unpaired) electrons. The Morgan fingerprint density at radius 3 is 2.57 bits per heavy atom. The average Bonchev–Trinajstić information content (AvgIpc) is 3.54. The van der Waals surface area contributed by atoms with E-state index >= 15 is 0 Å². The van der Waals surface area contributed by atoms with Crippen molar-refractivity contribution < 1.29 is 13.2 Å². The van der Waals surface area contributed by atoms with Gasteiger partial charge in [0.05, 0.1) is 16.8 Å². The number of carbonyl (C=O) groups excluding carboxylic acids is 1. The molecule has 1 amide bonds. The Morgan fingerprint density at radius 1 is 1.14 bits per heavy atom. The molecule has 0 aliphatic carbocycles. The standard InChI is InChI=1S/C25H26N4O3S3/c1-17-14-18(2)23-21(15-17)27-25(34-23)29(16-19-5-9-26-10-6-19)24(30)20-7-11-28(12-8-20)35(31,32)22-4-3-13-33-22/h3-6,9-10,13-15,20H,7-8,11-12,16H2,1-2H3. The van der Waals surface area contributed by atoms with Crippen LogP contribution in [0.15, 0.2) is 58.4 Å². The zero-order valence-corrected chi connectivity index (χ0v) is 22.0. The molecule has 3 aromatic heterocycles. The molecule has 0 spiro atoms. The third kappa shape index (κ3) is 4.88. The van der Waals surface area contributed by atoms with Crippen molar-refractivity contribution >= 4 is 54.0 Å². The molecule has 1 fully saturated rings. The van der Waals surface area contributed by atoms with Crippen LogP contribution in [0.4, 0.5) is 5.13 Å². The van der Waals surface area contributed by atoms with Crippen LogP contribution in [0.5, 0.6) is 0 Å². The smallest absolute Gasteiger partial charge is 0.252 e. The summed E-state index contributed by atoms with van der Waals surface area (Å²) in [6, 6.07) is 11.4. The molecule has 10 heteroatoms. The number of anilines is 1. The van der Waals surface area contributed by atoms with Gasteiger partial charge in [-0.3, -0.25) is 14.7 Å².